The zero-order valence-corrected chi connectivity index (χ0v) is 33.0. The van der Waals surface area contributed by atoms with Gasteiger partial charge in [0.2, 0.25) is 5.75 Å². The van der Waals surface area contributed by atoms with Crippen LogP contribution in [0.2, 0.25) is 0 Å². The van der Waals surface area contributed by atoms with Gasteiger partial charge >= 0.3 is 17.6 Å². The summed E-state index contributed by atoms with van der Waals surface area (Å²) in [6.07, 6.45) is 1.61. The highest BCUT2D eigenvalue weighted by molar-refractivity contribution is 14.1. The predicted molar refractivity (Wildman–Crippen MR) is 206 cm³/mol. The molecule has 55 heavy (non-hydrogen) atoms. The highest BCUT2D eigenvalue weighted by atomic mass is 127. The van der Waals surface area contributed by atoms with Crippen LogP contribution in [0.25, 0.3) is 6.08 Å². The van der Waals surface area contributed by atoms with Gasteiger partial charge in [0.25, 0.3) is 11.2 Å². The van der Waals surface area contributed by atoms with Gasteiger partial charge in [0.1, 0.15) is 0 Å². The van der Waals surface area contributed by atoms with Gasteiger partial charge in [-0.1, -0.05) is 17.4 Å². The number of methoxy groups -OCH3 is 1. The molecule has 1 aromatic heterocycles. The van der Waals surface area contributed by atoms with Crippen molar-refractivity contribution >= 4 is 63.3 Å². The van der Waals surface area contributed by atoms with Crippen molar-refractivity contribution in [2.45, 2.75) is 33.7 Å². The second-order valence-corrected chi connectivity index (χ2v) is 13.5. The van der Waals surface area contributed by atoms with E-state index < -0.39 is 44.8 Å². The molecule has 0 aliphatic carbocycles. The molecule has 0 unspecified atom stereocenters. The molecule has 0 bridgehead atoms. The lowest BCUT2D eigenvalue weighted by Gasteiger charge is -2.25. The van der Waals surface area contributed by atoms with Crippen molar-refractivity contribution in [2.75, 3.05) is 33.5 Å². The molecule has 0 amide bonds. The summed E-state index contributed by atoms with van der Waals surface area (Å²) in [4.78, 5) is 65.9. The smallest absolute Gasteiger partial charge is 0.343 e. The largest absolute Gasteiger partial charge is 0.490 e. The average molecular weight is 889 g/mol. The van der Waals surface area contributed by atoms with Gasteiger partial charge in [0.15, 0.2) is 34.4 Å². The number of ether oxygens (including phenoxy) is 6. The van der Waals surface area contributed by atoms with Gasteiger partial charge in [-0.25, -0.2) is 14.6 Å². The third-order valence-corrected chi connectivity index (χ3v) is 9.65. The summed E-state index contributed by atoms with van der Waals surface area (Å²) >= 11 is 3.05. The number of nitro groups is 2. The van der Waals surface area contributed by atoms with Gasteiger partial charge in [-0.15, -0.1) is 0 Å². The normalized spacial score (nSPS) is 13.7. The molecule has 2 heterocycles. The summed E-state index contributed by atoms with van der Waals surface area (Å²) in [7, 11) is 1.24. The van der Waals surface area contributed by atoms with Crippen molar-refractivity contribution in [1.82, 2.24) is 4.57 Å². The van der Waals surface area contributed by atoms with Crippen molar-refractivity contribution in [2.24, 2.45) is 4.99 Å². The Kier molecular flexibility index (Phi) is 12.9. The third kappa shape index (κ3) is 8.78. The van der Waals surface area contributed by atoms with Crippen LogP contribution < -0.4 is 33.8 Å². The monoisotopic (exact) mass is 888 g/mol. The first-order valence-corrected chi connectivity index (χ1v) is 18.4. The van der Waals surface area contributed by atoms with E-state index in [2.05, 4.69) is 9.73 Å². The number of carbonyl (C=O) groups excluding carboxylic acids is 2. The van der Waals surface area contributed by atoms with Crippen molar-refractivity contribution in [3.05, 3.63) is 114 Å². The molecule has 3 aromatic carbocycles. The molecule has 4 aromatic rings. The number of fused-ring (bicyclic) bond motifs is 1. The summed E-state index contributed by atoms with van der Waals surface area (Å²) in [5.74, 6) is -0.666. The Bertz CT molecular complexity index is 2410. The SMILES string of the molecule is CCOC(=O)C1=C(C)N=c2s/c(=C/c3cc(I)c(Oc4ccc([N+](=O)[O-])cc4[N+](=O)[O-])c(OCC)c3)c(=O)n2[C@H]1c1ccc(OCC(=O)OC)c(OCC)c1. The zero-order valence-electron chi connectivity index (χ0n) is 30.0. The molecule has 0 N–H and O–H groups in total. The molecule has 0 saturated heterocycles. The van der Waals surface area contributed by atoms with Crippen molar-refractivity contribution in [3.63, 3.8) is 0 Å². The molecule has 19 heteroatoms. The Balaban J connectivity index is 1.63. The van der Waals surface area contributed by atoms with Gasteiger partial charge in [0, 0.05) is 6.07 Å². The Morgan fingerprint density at radius 2 is 1.64 bits per heavy atom. The van der Waals surface area contributed by atoms with E-state index in [1.165, 1.54) is 11.7 Å². The molecule has 0 saturated carbocycles. The van der Waals surface area contributed by atoms with Crippen LogP contribution in [0.5, 0.6) is 28.7 Å². The summed E-state index contributed by atoms with van der Waals surface area (Å²) in [5.41, 5.74) is -0.0834. The number of thiazole rings is 1. The van der Waals surface area contributed by atoms with Gasteiger partial charge < -0.3 is 28.4 Å². The van der Waals surface area contributed by atoms with Gasteiger partial charge in [-0.3, -0.25) is 29.6 Å². The lowest BCUT2D eigenvalue weighted by atomic mass is 9.95. The lowest BCUT2D eigenvalue weighted by Crippen LogP contribution is -2.40. The van der Waals surface area contributed by atoms with E-state index in [4.69, 9.17) is 23.7 Å². The summed E-state index contributed by atoms with van der Waals surface area (Å²) in [6.45, 7) is 6.96. The van der Waals surface area contributed by atoms with Crippen LogP contribution in [-0.2, 0) is 19.1 Å². The van der Waals surface area contributed by atoms with Gasteiger partial charge in [-0.2, -0.15) is 0 Å². The van der Waals surface area contributed by atoms with E-state index in [0.29, 0.717) is 25.2 Å². The van der Waals surface area contributed by atoms with Crippen LogP contribution in [0.15, 0.2) is 69.6 Å². The second-order valence-electron chi connectivity index (χ2n) is 11.3. The fourth-order valence-corrected chi connectivity index (χ4v) is 7.31. The average Bonchev–Trinajstić information content (AvgIpc) is 3.45. The number of hydrogen-bond acceptors (Lipinski definition) is 15. The quantitative estimate of drug-likeness (QED) is 0.0638. The van der Waals surface area contributed by atoms with Crippen LogP contribution >= 0.6 is 33.9 Å². The first-order valence-electron chi connectivity index (χ1n) is 16.5. The maximum Gasteiger partial charge on any atom is 0.343 e. The number of aromatic nitrogens is 1. The molecule has 0 fully saturated rings. The zero-order chi connectivity index (χ0) is 40.0. The molecule has 0 radical (unpaired) electrons. The van der Waals surface area contributed by atoms with Crippen LogP contribution in [0.1, 0.15) is 44.9 Å². The van der Waals surface area contributed by atoms with Crippen LogP contribution in [0.4, 0.5) is 11.4 Å². The van der Waals surface area contributed by atoms with Gasteiger partial charge in [-0.05, 0) is 97.8 Å². The molecule has 1 aliphatic heterocycles. The Morgan fingerprint density at radius 3 is 2.29 bits per heavy atom. The van der Waals surface area contributed by atoms with Crippen LogP contribution in [0.3, 0.4) is 0 Å². The second kappa shape index (κ2) is 17.5. The number of non-ortho nitro benzene ring substituents is 1. The number of rotatable bonds is 15. The first kappa shape index (κ1) is 40.4. The lowest BCUT2D eigenvalue weighted by molar-refractivity contribution is -0.394. The standard InChI is InChI=1S/C36H33IN4O13S/c1-6-50-27-16-21(9-11-26(27)53-18-30(42)49-5)32-31(35(44)52-8-3)19(4)38-36-39(32)34(43)29(55-36)15-20-13-23(37)33(28(14-20)51-7-2)54-25-12-10-22(40(45)46)17-24(25)41(47)48/h9-17,32H,6-8,18H2,1-5H3/b29-15+/t32-/m0/s1. The number of nitro benzene ring substituents is 2. The van der Waals surface area contributed by atoms with Crippen LogP contribution in [0, 0.1) is 23.8 Å². The van der Waals surface area contributed by atoms with Gasteiger partial charge in [0.05, 0.1) is 68.3 Å². The van der Waals surface area contributed by atoms with Crippen LogP contribution in [-0.4, -0.2) is 59.9 Å². The molecular formula is C36H33IN4O13S. The van der Waals surface area contributed by atoms with Crippen molar-refractivity contribution < 1.29 is 47.9 Å². The van der Waals surface area contributed by atoms with Crippen molar-refractivity contribution in [3.8, 4) is 28.7 Å². The number of carbonyl (C=O) groups is 2. The minimum Gasteiger partial charge on any atom is -0.490 e. The summed E-state index contributed by atoms with van der Waals surface area (Å²) in [6, 6.07) is 10.2. The van der Waals surface area contributed by atoms with E-state index in [1.54, 1.807) is 64.1 Å². The number of allylic oxidation sites excluding steroid dienone is 1. The maximum atomic E-state index is 14.3. The van der Waals surface area contributed by atoms with Crippen molar-refractivity contribution in [1.29, 1.82) is 0 Å². The minimum atomic E-state index is -0.987. The molecule has 5 rings (SSSR count). The number of hydrogen-bond donors (Lipinski definition) is 0. The fourth-order valence-electron chi connectivity index (χ4n) is 5.53. The Labute approximate surface area is 329 Å². The predicted octanol–water partition coefficient (Wildman–Crippen LogP) is 5.36. The highest BCUT2D eigenvalue weighted by Crippen LogP contribution is 2.42. The minimum absolute atomic E-state index is 0.0787. The third-order valence-electron chi connectivity index (χ3n) is 7.87. The van der Waals surface area contributed by atoms with E-state index >= 15 is 0 Å². The maximum absolute atomic E-state index is 14.3. The highest BCUT2D eigenvalue weighted by Gasteiger charge is 2.34. The Morgan fingerprint density at radius 1 is 0.927 bits per heavy atom. The number of benzene rings is 3. The van der Waals surface area contributed by atoms with E-state index in [9.17, 15) is 34.6 Å². The number of halogens is 1. The topological polar surface area (TPSA) is 210 Å². The molecule has 0 spiro atoms. The molecule has 17 nitrogen and oxygen atoms in total. The fraction of sp³-hybridized carbons (Fsp3) is 0.278. The van der Waals surface area contributed by atoms with E-state index in [0.717, 1.165) is 29.5 Å². The first-order chi connectivity index (χ1) is 26.3. The number of nitrogens with zero attached hydrogens (tertiary/aromatic N) is 4. The molecule has 1 aliphatic rings. The number of esters is 2. The molecule has 1 atom stereocenters. The summed E-state index contributed by atoms with van der Waals surface area (Å²) in [5, 5.41) is 23.0. The van der Waals surface area contributed by atoms with E-state index in [-0.39, 0.29) is 65.3 Å². The van der Waals surface area contributed by atoms with E-state index in [1.807, 2.05) is 22.6 Å². The molecular weight excluding hydrogens is 855 g/mol. The molecule has 288 valence electrons. The Hall–Kier alpha value is -5.83. The summed E-state index contributed by atoms with van der Waals surface area (Å²) < 4.78 is 35.4.